The van der Waals surface area contributed by atoms with E-state index in [0.29, 0.717) is 5.78 Å². The third-order valence-electron chi connectivity index (χ3n) is 2.36. The maximum atomic E-state index is 11.7. The van der Waals surface area contributed by atoms with Crippen LogP contribution in [0.15, 0.2) is 0 Å². The number of hydrogen-bond acceptors (Lipinski definition) is 3. The topological polar surface area (TPSA) is 29.1 Å². The zero-order chi connectivity index (χ0) is 8.97. The Bertz CT molecular complexity index is 155. The first kappa shape index (κ1) is 10.1. The quantitative estimate of drug-likeness (QED) is 0.722. The Morgan fingerprint density at radius 3 is 3.00 bits per heavy atom. The second kappa shape index (κ2) is 4.87. The van der Waals surface area contributed by atoms with Crippen LogP contribution >= 0.6 is 11.8 Å². The van der Waals surface area contributed by atoms with E-state index >= 15 is 0 Å². The van der Waals surface area contributed by atoms with Crippen LogP contribution < -0.4 is 5.32 Å². The van der Waals surface area contributed by atoms with Crippen LogP contribution in [-0.2, 0) is 4.79 Å². The molecular formula is C9H17NOS. The van der Waals surface area contributed by atoms with Gasteiger partial charge in [-0.05, 0) is 6.42 Å². The molecule has 12 heavy (non-hydrogen) atoms. The number of Topliss-reactive ketones (excluding diaryl/α,β-unsaturated/α-hetero) is 1. The molecule has 0 spiro atoms. The fourth-order valence-electron chi connectivity index (χ4n) is 1.29. The summed E-state index contributed by atoms with van der Waals surface area (Å²) in [6.07, 6.45) is 0.960. The lowest BCUT2D eigenvalue weighted by atomic mass is 9.98. The van der Waals surface area contributed by atoms with Gasteiger partial charge in [0.2, 0.25) is 0 Å². The summed E-state index contributed by atoms with van der Waals surface area (Å²) in [7, 11) is 0. The van der Waals surface area contributed by atoms with Gasteiger partial charge in [-0.3, -0.25) is 4.79 Å². The van der Waals surface area contributed by atoms with E-state index in [2.05, 4.69) is 12.2 Å². The number of ketones is 1. The summed E-state index contributed by atoms with van der Waals surface area (Å²) < 4.78 is 0. The molecule has 3 heteroatoms. The Balaban J connectivity index is 2.39. The van der Waals surface area contributed by atoms with Gasteiger partial charge in [-0.2, -0.15) is 11.8 Å². The van der Waals surface area contributed by atoms with Crippen molar-refractivity contribution in [3.8, 4) is 0 Å². The molecule has 0 aliphatic carbocycles. The molecule has 1 heterocycles. The Hall–Kier alpha value is -0.0200. The van der Waals surface area contributed by atoms with Crippen LogP contribution in [0.25, 0.3) is 0 Å². The second-order valence-corrected chi connectivity index (χ2v) is 4.44. The number of rotatable bonds is 3. The second-order valence-electron chi connectivity index (χ2n) is 3.29. The van der Waals surface area contributed by atoms with Crippen molar-refractivity contribution in [3.63, 3.8) is 0 Å². The van der Waals surface area contributed by atoms with Gasteiger partial charge in [-0.1, -0.05) is 13.8 Å². The van der Waals surface area contributed by atoms with Crippen LogP contribution in [0, 0.1) is 5.92 Å². The molecule has 70 valence electrons. The number of carbonyl (C=O) groups excluding carboxylic acids is 1. The lowest BCUT2D eigenvalue weighted by molar-refractivity contribution is -0.124. The Morgan fingerprint density at radius 2 is 2.50 bits per heavy atom. The Morgan fingerprint density at radius 1 is 1.75 bits per heavy atom. The molecule has 2 nitrogen and oxygen atoms in total. The summed E-state index contributed by atoms with van der Waals surface area (Å²) >= 11 is 1.88. The Labute approximate surface area is 78.5 Å². The van der Waals surface area contributed by atoms with Crippen molar-refractivity contribution in [2.45, 2.75) is 26.3 Å². The van der Waals surface area contributed by atoms with Gasteiger partial charge in [0.05, 0.1) is 6.04 Å². The molecule has 1 aliphatic rings. The molecule has 0 amide bonds. The summed E-state index contributed by atoms with van der Waals surface area (Å²) in [4.78, 5) is 11.7. The SMILES string of the molecule is CCC(C)C(=O)C1CSCCN1. The molecule has 2 unspecified atom stereocenters. The van der Waals surface area contributed by atoms with Crippen molar-refractivity contribution in [1.82, 2.24) is 5.32 Å². The van der Waals surface area contributed by atoms with Gasteiger partial charge >= 0.3 is 0 Å². The van der Waals surface area contributed by atoms with E-state index in [9.17, 15) is 4.79 Å². The number of carbonyl (C=O) groups is 1. The van der Waals surface area contributed by atoms with E-state index < -0.39 is 0 Å². The molecule has 1 aliphatic heterocycles. The van der Waals surface area contributed by atoms with E-state index in [-0.39, 0.29) is 12.0 Å². The number of nitrogens with one attached hydrogen (secondary N) is 1. The van der Waals surface area contributed by atoms with Gasteiger partial charge in [-0.25, -0.2) is 0 Å². The minimum Gasteiger partial charge on any atom is -0.306 e. The standard InChI is InChI=1S/C9H17NOS/c1-3-7(2)9(11)8-6-12-5-4-10-8/h7-8,10H,3-6H2,1-2H3. The van der Waals surface area contributed by atoms with E-state index in [1.807, 2.05) is 18.7 Å². The minimum atomic E-state index is 0.124. The van der Waals surface area contributed by atoms with Gasteiger partial charge in [0, 0.05) is 24.0 Å². The van der Waals surface area contributed by atoms with Crippen molar-refractivity contribution in [3.05, 3.63) is 0 Å². The normalized spacial score (nSPS) is 26.7. The van der Waals surface area contributed by atoms with Gasteiger partial charge in [-0.15, -0.1) is 0 Å². The highest BCUT2D eigenvalue weighted by Crippen LogP contribution is 2.13. The van der Waals surface area contributed by atoms with Crippen LogP contribution in [0.3, 0.4) is 0 Å². The van der Waals surface area contributed by atoms with Gasteiger partial charge in [0.15, 0.2) is 5.78 Å². The zero-order valence-electron chi connectivity index (χ0n) is 7.80. The molecule has 0 aromatic rings. The van der Waals surface area contributed by atoms with Crippen molar-refractivity contribution in [2.24, 2.45) is 5.92 Å². The van der Waals surface area contributed by atoms with Crippen molar-refractivity contribution in [2.75, 3.05) is 18.1 Å². The molecule has 0 bridgehead atoms. The molecule has 1 rings (SSSR count). The van der Waals surface area contributed by atoms with Crippen LogP contribution in [0.2, 0.25) is 0 Å². The first-order chi connectivity index (χ1) is 5.75. The van der Waals surface area contributed by atoms with Gasteiger partial charge < -0.3 is 5.32 Å². The molecule has 0 aromatic heterocycles. The summed E-state index contributed by atoms with van der Waals surface area (Å²) in [5.74, 6) is 2.72. The molecule has 1 saturated heterocycles. The highest BCUT2D eigenvalue weighted by Gasteiger charge is 2.23. The largest absolute Gasteiger partial charge is 0.306 e. The van der Waals surface area contributed by atoms with Gasteiger partial charge in [0.1, 0.15) is 0 Å². The van der Waals surface area contributed by atoms with Gasteiger partial charge in [0.25, 0.3) is 0 Å². The highest BCUT2D eigenvalue weighted by atomic mass is 32.2. The highest BCUT2D eigenvalue weighted by molar-refractivity contribution is 7.99. The monoisotopic (exact) mass is 187 g/mol. The predicted octanol–water partition coefficient (Wildman–Crippen LogP) is 1.31. The smallest absolute Gasteiger partial charge is 0.153 e. The maximum Gasteiger partial charge on any atom is 0.153 e. The predicted molar refractivity (Wildman–Crippen MR) is 53.6 cm³/mol. The van der Waals surface area contributed by atoms with Crippen molar-refractivity contribution in [1.29, 1.82) is 0 Å². The average Bonchev–Trinajstić information content (AvgIpc) is 2.17. The Kier molecular flexibility index (Phi) is 4.09. The lowest BCUT2D eigenvalue weighted by Crippen LogP contribution is -2.45. The molecule has 0 aromatic carbocycles. The fourth-order valence-corrected chi connectivity index (χ4v) is 2.24. The molecule has 0 radical (unpaired) electrons. The lowest BCUT2D eigenvalue weighted by Gasteiger charge is -2.24. The summed E-state index contributed by atoms with van der Waals surface area (Å²) in [6, 6.07) is 0.124. The van der Waals surface area contributed by atoms with Crippen molar-refractivity contribution < 1.29 is 4.79 Å². The van der Waals surface area contributed by atoms with Crippen molar-refractivity contribution >= 4 is 17.5 Å². The molecule has 1 N–H and O–H groups in total. The number of thioether (sulfide) groups is 1. The summed E-state index contributed by atoms with van der Waals surface area (Å²) in [5, 5.41) is 3.26. The maximum absolute atomic E-state index is 11.7. The summed E-state index contributed by atoms with van der Waals surface area (Å²) in [6.45, 7) is 5.07. The first-order valence-corrected chi connectivity index (χ1v) is 5.76. The van der Waals surface area contributed by atoms with E-state index in [1.54, 1.807) is 0 Å². The van der Waals surface area contributed by atoms with E-state index in [1.165, 1.54) is 0 Å². The zero-order valence-corrected chi connectivity index (χ0v) is 8.62. The van der Waals surface area contributed by atoms with Crippen LogP contribution in [0.1, 0.15) is 20.3 Å². The first-order valence-electron chi connectivity index (χ1n) is 4.60. The van der Waals surface area contributed by atoms with Crippen LogP contribution in [0.5, 0.6) is 0 Å². The third kappa shape index (κ3) is 2.49. The van der Waals surface area contributed by atoms with E-state index in [4.69, 9.17) is 0 Å². The average molecular weight is 187 g/mol. The summed E-state index contributed by atoms with van der Waals surface area (Å²) in [5.41, 5.74) is 0. The molecule has 1 fully saturated rings. The van der Waals surface area contributed by atoms with Crippen LogP contribution in [0.4, 0.5) is 0 Å². The molecule has 2 atom stereocenters. The van der Waals surface area contributed by atoms with E-state index in [0.717, 1.165) is 24.5 Å². The number of hydrogen-bond donors (Lipinski definition) is 1. The fraction of sp³-hybridized carbons (Fsp3) is 0.889. The molecule has 0 saturated carbocycles. The minimum absolute atomic E-state index is 0.124. The molecular weight excluding hydrogens is 170 g/mol. The van der Waals surface area contributed by atoms with Crippen LogP contribution in [-0.4, -0.2) is 29.9 Å². The third-order valence-corrected chi connectivity index (χ3v) is 3.43.